The summed E-state index contributed by atoms with van der Waals surface area (Å²) in [5, 5.41) is 0. The Hall–Kier alpha value is -1.35. The van der Waals surface area contributed by atoms with Crippen LogP contribution in [0.2, 0.25) is 0 Å². The van der Waals surface area contributed by atoms with Gasteiger partial charge in [-0.15, -0.1) is 0 Å². The molecule has 0 N–H and O–H groups in total. The maximum atomic E-state index is 11.8. The Bertz CT molecular complexity index is 460. The van der Waals surface area contributed by atoms with Crippen LogP contribution in [-0.2, 0) is 6.42 Å². The molecular weight excluding hydrogens is 256 g/mol. The van der Waals surface area contributed by atoms with E-state index in [-0.39, 0.29) is 5.78 Å². The molecule has 0 aliphatic carbocycles. The van der Waals surface area contributed by atoms with E-state index in [2.05, 4.69) is 15.9 Å². The molecule has 0 aliphatic rings. The minimum Gasteiger partial charge on any atom is -0.472 e. The highest BCUT2D eigenvalue weighted by Gasteiger charge is 2.07. The van der Waals surface area contributed by atoms with Crippen LogP contribution in [0, 0.1) is 0 Å². The third-order valence-corrected chi connectivity index (χ3v) is 2.58. The Labute approximate surface area is 96.0 Å². The van der Waals surface area contributed by atoms with E-state index in [0.29, 0.717) is 12.0 Å². The number of Topliss-reactive ketones (excluding diaryl/α,β-unsaturated/α-hetero) is 1. The summed E-state index contributed by atoms with van der Waals surface area (Å²) in [7, 11) is 0. The summed E-state index contributed by atoms with van der Waals surface area (Å²) in [4.78, 5) is 11.8. The van der Waals surface area contributed by atoms with Crippen LogP contribution in [-0.4, -0.2) is 5.78 Å². The zero-order chi connectivity index (χ0) is 10.7. The third-order valence-electron chi connectivity index (χ3n) is 2.09. The lowest BCUT2D eigenvalue weighted by Crippen LogP contribution is -2.02. The van der Waals surface area contributed by atoms with Gasteiger partial charge >= 0.3 is 0 Å². The first-order valence-electron chi connectivity index (χ1n) is 4.55. The molecule has 0 radical (unpaired) electrons. The lowest BCUT2D eigenvalue weighted by Gasteiger charge is -1.99. The number of hydrogen-bond donors (Lipinski definition) is 0. The first kappa shape index (κ1) is 10.2. The average Bonchev–Trinajstić information content (AvgIpc) is 2.70. The first-order chi connectivity index (χ1) is 7.25. The zero-order valence-electron chi connectivity index (χ0n) is 7.94. The minimum atomic E-state index is 0.0951. The number of benzene rings is 1. The highest BCUT2D eigenvalue weighted by Crippen LogP contribution is 2.14. The largest absolute Gasteiger partial charge is 0.472 e. The lowest BCUT2D eigenvalue weighted by atomic mass is 10.1. The molecule has 1 heterocycles. The van der Waals surface area contributed by atoms with Crippen LogP contribution in [0.3, 0.4) is 0 Å². The van der Waals surface area contributed by atoms with E-state index in [1.165, 1.54) is 0 Å². The maximum absolute atomic E-state index is 11.8. The predicted molar refractivity (Wildman–Crippen MR) is 60.9 cm³/mol. The van der Waals surface area contributed by atoms with Gasteiger partial charge in [-0.2, -0.15) is 0 Å². The Kier molecular flexibility index (Phi) is 3.02. The Morgan fingerprint density at radius 2 is 2.20 bits per heavy atom. The average molecular weight is 265 g/mol. The van der Waals surface area contributed by atoms with Crippen LogP contribution in [0.25, 0.3) is 0 Å². The van der Waals surface area contributed by atoms with Crippen LogP contribution in [0.1, 0.15) is 15.9 Å². The molecule has 2 nitrogen and oxygen atoms in total. The summed E-state index contributed by atoms with van der Waals surface area (Å²) < 4.78 is 5.83. The van der Waals surface area contributed by atoms with E-state index < -0.39 is 0 Å². The van der Waals surface area contributed by atoms with E-state index >= 15 is 0 Å². The molecule has 0 unspecified atom stereocenters. The van der Waals surface area contributed by atoms with Crippen LogP contribution in [0.5, 0.6) is 0 Å². The van der Waals surface area contributed by atoms with Gasteiger partial charge in [0.25, 0.3) is 0 Å². The lowest BCUT2D eigenvalue weighted by molar-refractivity contribution is 0.0992. The summed E-state index contributed by atoms with van der Waals surface area (Å²) in [6.07, 6.45) is 3.55. The maximum Gasteiger partial charge on any atom is 0.167 e. The highest BCUT2D eigenvalue weighted by atomic mass is 79.9. The molecule has 0 aliphatic heterocycles. The number of rotatable bonds is 3. The fourth-order valence-corrected chi connectivity index (χ4v) is 1.74. The van der Waals surface area contributed by atoms with Crippen molar-refractivity contribution in [3.8, 4) is 0 Å². The van der Waals surface area contributed by atoms with Gasteiger partial charge in [0.1, 0.15) is 0 Å². The molecule has 2 aromatic rings. The number of carbonyl (C=O) groups is 1. The van der Waals surface area contributed by atoms with Gasteiger partial charge in [-0.3, -0.25) is 4.79 Å². The normalized spacial score (nSPS) is 10.2. The zero-order valence-corrected chi connectivity index (χ0v) is 9.53. The third kappa shape index (κ3) is 2.57. The first-order valence-corrected chi connectivity index (χ1v) is 5.35. The Balaban J connectivity index is 2.15. The van der Waals surface area contributed by atoms with Crippen molar-refractivity contribution in [1.82, 2.24) is 0 Å². The molecule has 1 aromatic carbocycles. The van der Waals surface area contributed by atoms with Crippen molar-refractivity contribution in [3.63, 3.8) is 0 Å². The Morgan fingerprint density at radius 1 is 1.33 bits per heavy atom. The van der Waals surface area contributed by atoms with Crippen LogP contribution >= 0.6 is 15.9 Å². The molecule has 0 atom stereocenters. The fourth-order valence-electron chi connectivity index (χ4n) is 1.34. The summed E-state index contributed by atoms with van der Waals surface area (Å²) in [5.74, 6) is 0.0951. The summed E-state index contributed by atoms with van der Waals surface area (Å²) in [6.45, 7) is 0. The molecule has 1 aromatic heterocycles. The van der Waals surface area contributed by atoms with E-state index in [4.69, 9.17) is 4.42 Å². The van der Waals surface area contributed by atoms with Crippen molar-refractivity contribution in [1.29, 1.82) is 0 Å². The van der Waals surface area contributed by atoms with Gasteiger partial charge in [-0.25, -0.2) is 0 Å². The van der Waals surface area contributed by atoms with Gasteiger partial charge in [0, 0.05) is 16.5 Å². The number of halogens is 1. The van der Waals surface area contributed by atoms with E-state index in [1.807, 2.05) is 24.3 Å². The van der Waals surface area contributed by atoms with Gasteiger partial charge in [0.2, 0.25) is 0 Å². The molecule has 0 saturated carbocycles. The number of hydrogen-bond acceptors (Lipinski definition) is 2. The number of furan rings is 1. The van der Waals surface area contributed by atoms with Crippen LogP contribution < -0.4 is 0 Å². The second kappa shape index (κ2) is 4.45. The Morgan fingerprint density at radius 3 is 2.87 bits per heavy atom. The van der Waals surface area contributed by atoms with Crippen molar-refractivity contribution in [2.45, 2.75) is 6.42 Å². The molecule has 2 rings (SSSR count). The van der Waals surface area contributed by atoms with Crippen molar-refractivity contribution < 1.29 is 9.21 Å². The van der Waals surface area contributed by atoms with Crippen LogP contribution in [0.4, 0.5) is 0 Å². The molecule has 0 bridgehead atoms. The molecule has 0 amide bonds. The molecule has 76 valence electrons. The molecule has 3 heteroatoms. The van der Waals surface area contributed by atoms with Crippen molar-refractivity contribution in [3.05, 3.63) is 58.5 Å². The molecule has 15 heavy (non-hydrogen) atoms. The standard InChI is InChI=1S/C12H9BrO2/c13-11-3-1-2-10(7-11)12(14)6-9-4-5-15-8-9/h1-5,7-8H,6H2. The van der Waals surface area contributed by atoms with Crippen molar-refractivity contribution >= 4 is 21.7 Å². The smallest absolute Gasteiger partial charge is 0.167 e. The molecule has 0 saturated heterocycles. The quantitative estimate of drug-likeness (QED) is 0.795. The van der Waals surface area contributed by atoms with Crippen LogP contribution in [0.15, 0.2) is 51.7 Å². The van der Waals surface area contributed by atoms with Gasteiger partial charge in [-0.1, -0.05) is 28.1 Å². The van der Waals surface area contributed by atoms with E-state index in [1.54, 1.807) is 18.6 Å². The van der Waals surface area contributed by atoms with E-state index in [0.717, 1.165) is 10.0 Å². The summed E-state index contributed by atoms with van der Waals surface area (Å²) in [6, 6.07) is 9.19. The SMILES string of the molecule is O=C(Cc1ccoc1)c1cccc(Br)c1. The predicted octanol–water partition coefficient (Wildman–Crippen LogP) is 3.47. The highest BCUT2D eigenvalue weighted by molar-refractivity contribution is 9.10. The number of ketones is 1. The topological polar surface area (TPSA) is 30.2 Å². The van der Waals surface area contributed by atoms with E-state index in [9.17, 15) is 4.79 Å². The van der Waals surface area contributed by atoms with Gasteiger partial charge < -0.3 is 4.42 Å². The summed E-state index contributed by atoms with van der Waals surface area (Å²) >= 11 is 3.34. The monoisotopic (exact) mass is 264 g/mol. The van der Waals surface area contributed by atoms with Crippen molar-refractivity contribution in [2.24, 2.45) is 0 Å². The molecule has 0 fully saturated rings. The second-order valence-electron chi connectivity index (χ2n) is 3.24. The van der Waals surface area contributed by atoms with Gasteiger partial charge in [-0.05, 0) is 23.8 Å². The van der Waals surface area contributed by atoms with Gasteiger partial charge in [0.05, 0.1) is 12.5 Å². The summed E-state index contributed by atoms with van der Waals surface area (Å²) in [5.41, 5.74) is 1.62. The second-order valence-corrected chi connectivity index (χ2v) is 4.16. The molecule has 0 spiro atoms. The number of carbonyl (C=O) groups excluding carboxylic acids is 1. The van der Waals surface area contributed by atoms with Crippen molar-refractivity contribution in [2.75, 3.05) is 0 Å². The minimum absolute atomic E-state index is 0.0951. The fraction of sp³-hybridized carbons (Fsp3) is 0.0833. The molecular formula is C12H9BrO2. The van der Waals surface area contributed by atoms with Gasteiger partial charge in [0.15, 0.2) is 5.78 Å².